The first kappa shape index (κ1) is 18.7. The number of aliphatic carboxylic acids is 1. The number of methoxy groups -OCH3 is 1. The third-order valence-electron chi connectivity index (χ3n) is 3.85. The number of carbonyl (C=O) groups excluding carboxylic acids is 1. The highest BCUT2D eigenvalue weighted by molar-refractivity contribution is 5.89. The number of amides is 1. The minimum atomic E-state index is -1.01. The minimum Gasteiger partial charge on any atom is -0.481 e. The van der Waals surface area contributed by atoms with Crippen molar-refractivity contribution in [3.63, 3.8) is 0 Å². The van der Waals surface area contributed by atoms with E-state index < -0.39 is 23.5 Å². The van der Waals surface area contributed by atoms with E-state index in [2.05, 4.69) is 5.32 Å². The Hall–Kier alpha value is -2.60. The molecule has 2 rings (SSSR count). The highest BCUT2D eigenvalue weighted by Gasteiger charge is 2.31. The molecule has 0 aliphatic rings. The minimum absolute atomic E-state index is 0.0893. The molecule has 0 saturated heterocycles. The van der Waals surface area contributed by atoms with Gasteiger partial charge in [-0.05, 0) is 25.3 Å². The first-order valence-electron chi connectivity index (χ1n) is 8.02. The summed E-state index contributed by atoms with van der Waals surface area (Å²) in [6.45, 7) is 3.35. The number of nitrogens with one attached hydrogen (secondary N) is 1. The van der Waals surface area contributed by atoms with Crippen molar-refractivity contribution in [1.29, 1.82) is 0 Å². The molecule has 0 bridgehead atoms. The van der Waals surface area contributed by atoms with Crippen molar-refractivity contribution in [3.05, 3.63) is 42.5 Å². The lowest BCUT2D eigenvalue weighted by atomic mass is 9.98. The number of rotatable bonds is 8. The third kappa shape index (κ3) is 4.93. The number of fused-ring (bicyclic) bond motifs is 1. The Morgan fingerprint density at radius 3 is 2.56 bits per heavy atom. The van der Waals surface area contributed by atoms with Gasteiger partial charge >= 0.3 is 5.97 Å². The van der Waals surface area contributed by atoms with Crippen molar-refractivity contribution in [3.8, 4) is 5.75 Å². The van der Waals surface area contributed by atoms with Gasteiger partial charge in [0.2, 0.25) is 0 Å². The summed E-state index contributed by atoms with van der Waals surface area (Å²) in [5.41, 5.74) is -1.01. The molecule has 2 N–H and O–H groups in total. The lowest BCUT2D eigenvalue weighted by Crippen LogP contribution is -2.54. The molecule has 0 saturated carbocycles. The SMILES string of the molecule is COCC(C)(CC(=O)O)NC(=O)C(C)Oc1cccc2ccccc12. The lowest BCUT2D eigenvalue weighted by Gasteiger charge is -2.30. The van der Waals surface area contributed by atoms with Crippen LogP contribution < -0.4 is 10.1 Å². The molecule has 6 nitrogen and oxygen atoms in total. The van der Waals surface area contributed by atoms with Crippen LogP contribution in [0.5, 0.6) is 5.75 Å². The zero-order chi connectivity index (χ0) is 18.4. The zero-order valence-electron chi connectivity index (χ0n) is 14.6. The molecule has 2 aromatic carbocycles. The van der Waals surface area contributed by atoms with Gasteiger partial charge in [-0.15, -0.1) is 0 Å². The second-order valence-corrected chi connectivity index (χ2v) is 6.29. The molecule has 0 heterocycles. The molecule has 1 amide bonds. The van der Waals surface area contributed by atoms with E-state index in [1.165, 1.54) is 7.11 Å². The van der Waals surface area contributed by atoms with Gasteiger partial charge in [0, 0.05) is 12.5 Å². The summed E-state index contributed by atoms with van der Waals surface area (Å²) in [6.07, 6.45) is -1.02. The van der Waals surface area contributed by atoms with Gasteiger partial charge in [0.25, 0.3) is 5.91 Å². The summed E-state index contributed by atoms with van der Waals surface area (Å²) < 4.78 is 10.9. The average molecular weight is 345 g/mol. The largest absolute Gasteiger partial charge is 0.481 e. The molecule has 25 heavy (non-hydrogen) atoms. The molecule has 2 atom stereocenters. The van der Waals surface area contributed by atoms with Gasteiger partial charge < -0.3 is 19.9 Å². The second kappa shape index (κ2) is 7.98. The summed E-state index contributed by atoms with van der Waals surface area (Å²) in [5.74, 6) is -0.802. The standard InChI is InChI=1S/C19H23NO5/c1-13(18(23)20-19(2,12-24-3)11-17(21)22)25-16-10-6-8-14-7-4-5-9-15(14)16/h4-10,13H,11-12H2,1-3H3,(H,20,23)(H,21,22). The first-order valence-corrected chi connectivity index (χ1v) is 8.02. The molecule has 134 valence electrons. The predicted molar refractivity (Wildman–Crippen MR) is 94.7 cm³/mol. The van der Waals surface area contributed by atoms with E-state index in [9.17, 15) is 9.59 Å². The maximum Gasteiger partial charge on any atom is 0.305 e. The highest BCUT2D eigenvalue weighted by atomic mass is 16.5. The van der Waals surface area contributed by atoms with Crippen molar-refractivity contribution in [2.45, 2.75) is 31.9 Å². The summed E-state index contributed by atoms with van der Waals surface area (Å²) in [6, 6.07) is 13.4. The summed E-state index contributed by atoms with van der Waals surface area (Å²) in [5, 5.41) is 13.7. The van der Waals surface area contributed by atoms with Crippen LogP contribution >= 0.6 is 0 Å². The monoisotopic (exact) mass is 345 g/mol. The maximum absolute atomic E-state index is 12.5. The quantitative estimate of drug-likeness (QED) is 0.768. The van der Waals surface area contributed by atoms with Crippen molar-refractivity contribution in [1.82, 2.24) is 5.32 Å². The van der Waals surface area contributed by atoms with E-state index in [1.807, 2.05) is 36.4 Å². The number of carboxylic acid groups (broad SMARTS) is 1. The Balaban J connectivity index is 2.12. The Morgan fingerprint density at radius 1 is 1.20 bits per heavy atom. The van der Waals surface area contributed by atoms with Gasteiger partial charge in [-0.1, -0.05) is 36.4 Å². The Morgan fingerprint density at radius 2 is 1.88 bits per heavy atom. The highest BCUT2D eigenvalue weighted by Crippen LogP contribution is 2.26. The van der Waals surface area contributed by atoms with Gasteiger partial charge in [-0.3, -0.25) is 9.59 Å². The van der Waals surface area contributed by atoms with Crippen LogP contribution in [0.4, 0.5) is 0 Å². The van der Waals surface area contributed by atoms with Crippen molar-refractivity contribution in [2.24, 2.45) is 0 Å². The number of hydrogen-bond donors (Lipinski definition) is 2. The molecule has 0 fully saturated rings. The molecule has 0 aromatic heterocycles. The molecule has 0 radical (unpaired) electrons. The molecule has 6 heteroatoms. The van der Waals surface area contributed by atoms with Crippen molar-refractivity contribution >= 4 is 22.6 Å². The van der Waals surface area contributed by atoms with Crippen LogP contribution in [0, 0.1) is 0 Å². The van der Waals surface area contributed by atoms with Crippen LogP contribution in [0.1, 0.15) is 20.3 Å². The third-order valence-corrected chi connectivity index (χ3v) is 3.85. The van der Waals surface area contributed by atoms with Crippen molar-refractivity contribution in [2.75, 3.05) is 13.7 Å². The van der Waals surface area contributed by atoms with Crippen molar-refractivity contribution < 1.29 is 24.2 Å². The van der Waals surface area contributed by atoms with E-state index in [4.69, 9.17) is 14.6 Å². The van der Waals surface area contributed by atoms with E-state index in [0.29, 0.717) is 5.75 Å². The van der Waals surface area contributed by atoms with E-state index in [-0.39, 0.29) is 13.0 Å². The molecular formula is C19H23NO5. The molecular weight excluding hydrogens is 322 g/mol. The topological polar surface area (TPSA) is 84.9 Å². The fourth-order valence-electron chi connectivity index (χ4n) is 2.73. The molecule has 0 aliphatic heterocycles. The van der Waals surface area contributed by atoms with Gasteiger partial charge in [0.1, 0.15) is 5.75 Å². The number of benzene rings is 2. The van der Waals surface area contributed by atoms with Gasteiger partial charge in [-0.2, -0.15) is 0 Å². The Labute approximate surface area is 146 Å². The average Bonchev–Trinajstić information content (AvgIpc) is 2.54. The number of carbonyl (C=O) groups is 2. The van der Waals surface area contributed by atoms with Crippen LogP contribution in [-0.4, -0.2) is 42.3 Å². The first-order chi connectivity index (χ1) is 11.8. The summed E-state index contributed by atoms with van der Waals surface area (Å²) >= 11 is 0. The van der Waals surface area contributed by atoms with Gasteiger partial charge in [0.05, 0.1) is 18.6 Å². The molecule has 2 aromatic rings. The second-order valence-electron chi connectivity index (χ2n) is 6.29. The fraction of sp³-hybridized carbons (Fsp3) is 0.368. The predicted octanol–water partition coefficient (Wildman–Crippen LogP) is 2.60. The Bertz CT molecular complexity index is 755. The summed E-state index contributed by atoms with van der Waals surface area (Å²) in [7, 11) is 1.46. The van der Waals surface area contributed by atoms with E-state index in [1.54, 1.807) is 19.9 Å². The van der Waals surface area contributed by atoms with Crippen LogP contribution in [0.2, 0.25) is 0 Å². The van der Waals surface area contributed by atoms with Crippen LogP contribution in [0.15, 0.2) is 42.5 Å². The van der Waals surface area contributed by atoms with E-state index in [0.717, 1.165) is 10.8 Å². The number of ether oxygens (including phenoxy) is 2. The van der Waals surface area contributed by atoms with E-state index >= 15 is 0 Å². The van der Waals surface area contributed by atoms with Crippen LogP contribution in [0.25, 0.3) is 10.8 Å². The van der Waals surface area contributed by atoms with Gasteiger partial charge in [0.15, 0.2) is 6.10 Å². The fourth-order valence-corrected chi connectivity index (χ4v) is 2.73. The number of hydrogen-bond acceptors (Lipinski definition) is 4. The normalized spacial score (nSPS) is 14.5. The smallest absolute Gasteiger partial charge is 0.305 e. The Kier molecular flexibility index (Phi) is 5.98. The van der Waals surface area contributed by atoms with Crippen LogP contribution in [-0.2, 0) is 14.3 Å². The van der Waals surface area contributed by atoms with Gasteiger partial charge in [-0.25, -0.2) is 0 Å². The molecule has 0 spiro atoms. The summed E-state index contributed by atoms with van der Waals surface area (Å²) in [4.78, 5) is 23.5. The van der Waals surface area contributed by atoms with Crippen LogP contribution in [0.3, 0.4) is 0 Å². The maximum atomic E-state index is 12.5. The molecule has 2 unspecified atom stereocenters. The zero-order valence-corrected chi connectivity index (χ0v) is 14.6. The molecule has 0 aliphatic carbocycles. The number of carboxylic acids is 1. The lowest BCUT2D eigenvalue weighted by molar-refractivity contribution is -0.140.